The lowest BCUT2D eigenvalue weighted by molar-refractivity contribution is 0.0954. The molecule has 2 heterocycles. The molecule has 2 rings (SSSR count). The molecule has 1 aliphatic rings. The normalized spacial score (nSPS) is 15.7. The highest BCUT2D eigenvalue weighted by Gasteiger charge is 2.14. The van der Waals surface area contributed by atoms with Gasteiger partial charge in [0.1, 0.15) is 4.88 Å². The fraction of sp³-hybridized carbons (Fsp3) is 0.750. The van der Waals surface area contributed by atoms with Crippen LogP contribution < -0.4 is 10.6 Å². The third-order valence-electron chi connectivity index (χ3n) is 3.24. The van der Waals surface area contributed by atoms with Crippen LogP contribution in [-0.2, 0) is 6.42 Å². The Morgan fingerprint density at radius 1 is 1.45 bits per heavy atom. The summed E-state index contributed by atoms with van der Waals surface area (Å²) < 4.78 is 3.83. The highest BCUT2D eigenvalue weighted by molar-refractivity contribution is 7.08. The van der Waals surface area contributed by atoms with Crippen LogP contribution in [0.2, 0.25) is 0 Å². The van der Waals surface area contributed by atoms with Gasteiger partial charge in [-0.05, 0) is 30.9 Å². The number of rotatable bonds is 6. The quantitative estimate of drug-likeness (QED) is 0.749. The van der Waals surface area contributed by atoms with Crippen LogP contribution in [0.25, 0.3) is 0 Å². The molecule has 0 bridgehead atoms. The van der Waals surface area contributed by atoms with Crippen molar-refractivity contribution in [2.75, 3.05) is 39.3 Å². The summed E-state index contributed by atoms with van der Waals surface area (Å²) in [7, 11) is 0. The fourth-order valence-corrected chi connectivity index (χ4v) is 2.80. The minimum Gasteiger partial charge on any atom is -0.351 e. The standard InChI is InChI=1S/C12H21N5OS.ClH/c1-2-10-11(19-16-15-10)12(18)14-4-3-7-17-8-5-13-6-9-17;/h13H,2-9H2,1H3,(H,14,18);1H. The minimum atomic E-state index is -0.0350. The number of aryl methyl sites for hydroxylation is 1. The van der Waals surface area contributed by atoms with Gasteiger partial charge in [-0.15, -0.1) is 17.5 Å². The highest BCUT2D eigenvalue weighted by atomic mass is 35.5. The number of carbonyl (C=O) groups is 1. The summed E-state index contributed by atoms with van der Waals surface area (Å²) in [6.45, 7) is 8.09. The van der Waals surface area contributed by atoms with Gasteiger partial charge in [0.05, 0.1) is 5.69 Å². The summed E-state index contributed by atoms with van der Waals surface area (Å²) in [5.74, 6) is -0.0350. The average Bonchev–Trinajstić information content (AvgIpc) is 2.93. The van der Waals surface area contributed by atoms with Crippen molar-refractivity contribution in [2.24, 2.45) is 0 Å². The molecule has 1 amide bonds. The first-order chi connectivity index (χ1) is 9.31. The second-order valence-electron chi connectivity index (χ2n) is 4.60. The van der Waals surface area contributed by atoms with E-state index in [0.29, 0.717) is 11.4 Å². The Bertz CT molecular complexity index is 408. The molecule has 0 unspecified atom stereocenters. The van der Waals surface area contributed by atoms with Gasteiger partial charge in [-0.2, -0.15) is 0 Å². The molecule has 1 aliphatic heterocycles. The van der Waals surface area contributed by atoms with Gasteiger partial charge in [-0.25, -0.2) is 0 Å². The number of nitrogens with zero attached hydrogens (tertiary/aromatic N) is 3. The zero-order chi connectivity index (χ0) is 13.5. The Kier molecular flexibility index (Phi) is 7.98. The van der Waals surface area contributed by atoms with E-state index in [1.165, 1.54) is 11.5 Å². The van der Waals surface area contributed by atoms with Crippen molar-refractivity contribution < 1.29 is 4.79 Å². The molecule has 1 saturated heterocycles. The van der Waals surface area contributed by atoms with Crippen molar-refractivity contribution in [3.05, 3.63) is 10.6 Å². The molecule has 1 aromatic heterocycles. The molecule has 1 aromatic rings. The smallest absolute Gasteiger partial charge is 0.264 e. The average molecular weight is 320 g/mol. The topological polar surface area (TPSA) is 70.2 Å². The first kappa shape index (κ1) is 17.3. The maximum atomic E-state index is 11.9. The summed E-state index contributed by atoms with van der Waals surface area (Å²) in [5.41, 5.74) is 0.796. The lowest BCUT2D eigenvalue weighted by atomic mass is 10.3. The largest absolute Gasteiger partial charge is 0.351 e. The lowest BCUT2D eigenvalue weighted by Crippen LogP contribution is -2.44. The maximum absolute atomic E-state index is 11.9. The van der Waals surface area contributed by atoms with Crippen LogP contribution in [0.5, 0.6) is 0 Å². The number of hydrogen-bond donors (Lipinski definition) is 2. The van der Waals surface area contributed by atoms with E-state index in [1.54, 1.807) is 0 Å². The number of halogens is 1. The van der Waals surface area contributed by atoms with Gasteiger partial charge >= 0.3 is 0 Å². The fourth-order valence-electron chi connectivity index (χ4n) is 2.13. The molecule has 114 valence electrons. The van der Waals surface area contributed by atoms with Crippen molar-refractivity contribution in [1.29, 1.82) is 0 Å². The van der Waals surface area contributed by atoms with Gasteiger partial charge in [0.15, 0.2) is 0 Å². The van der Waals surface area contributed by atoms with Crippen LogP contribution in [-0.4, -0.2) is 59.7 Å². The second kappa shape index (κ2) is 9.23. The molecule has 2 N–H and O–H groups in total. The summed E-state index contributed by atoms with van der Waals surface area (Å²) in [6.07, 6.45) is 1.74. The van der Waals surface area contributed by atoms with Gasteiger partial charge in [0, 0.05) is 32.7 Å². The predicted octanol–water partition coefficient (Wildman–Crippen LogP) is 0.547. The molecule has 1 fully saturated rings. The molecule has 20 heavy (non-hydrogen) atoms. The molecule has 8 heteroatoms. The first-order valence-electron chi connectivity index (χ1n) is 6.83. The van der Waals surface area contributed by atoms with Crippen LogP contribution in [0.3, 0.4) is 0 Å². The molecule has 6 nitrogen and oxygen atoms in total. The van der Waals surface area contributed by atoms with E-state index in [2.05, 4.69) is 25.1 Å². The van der Waals surface area contributed by atoms with Gasteiger partial charge in [-0.3, -0.25) is 4.79 Å². The molecule has 0 aliphatic carbocycles. The number of hydrogen-bond acceptors (Lipinski definition) is 6. The molecule has 0 saturated carbocycles. The molecular weight excluding hydrogens is 298 g/mol. The van der Waals surface area contributed by atoms with E-state index >= 15 is 0 Å². The number of carbonyl (C=O) groups excluding carboxylic acids is 1. The Labute approximate surface area is 129 Å². The van der Waals surface area contributed by atoms with E-state index in [0.717, 1.165) is 51.3 Å². The highest BCUT2D eigenvalue weighted by Crippen LogP contribution is 2.10. The first-order valence-corrected chi connectivity index (χ1v) is 7.61. The monoisotopic (exact) mass is 319 g/mol. The molecule has 0 aromatic carbocycles. The number of amides is 1. The van der Waals surface area contributed by atoms with E-state index in [4.69, 9.17) is 0 Å². The molecule has 0 radical (unpaired) electrons. The number of aromatic nitrogens is 2. The van der Waals surface area contributed by atoms with Crippen LogP contribution >= 0.6 is 23.9 Å². The zero-order valence-electron chi connectivity index (χ0n) is 11.7. The Morgan fingerprint density at radius 3 is 2.90 bits per heavy atom. The van der Waals surface area contributed by atoms with E-state index in [1.807, 2.05) is 6.92 Å². The van der Waals surface area contributed by atoms with Crippen LogP contribution in [0, 0.1) is 0 Å². The SMILES string of the molecule is CCc1nnsc1C(=O)NCCCN1CCNCC1.Cl. The van der Waals surface area contributed by atoms with Crippen LogP contribution in [0.4, 0.5) is 0 Å². The molecular formula is C12H22ClN5OS. The maximum Gasteiger partial charge on any atom is 0.264 e. The third-order valence-corrected chi connectivity index (χ3v) is 4.01. The molecule has 0 atom stereocenters. The van der Waals surface area contributed by atoms with Gasteiger partial charge in [-0.1, -0.05) is 11.4 Å². The summed E-state index contributed by atoms with van der Waals surface area (Å²) in [4.78, 5) is 15.0. The Hall–Kier alpha value is -0.760. The Balaban J connectivity index is 0.00000200. The number of nitrogens with one attached hydrogen (secondary N) is 2. The lowest BCUT2D eigenvalue weighted by Gasteiger charge is -2.27. The summed E-state index contributed by atoms with van der Waals surface area (Å²) in [6, 6.07) is 0. The van der Waals surface area contributed by atoms with Crippen LogP contribution in [0.15, 0.2) is 0 Å². The number of piperazine rings is 1. The van der Waals surface area contributed by atoms with E-state index < -0.39 is 0 Å². The Morgan fingerprint density at radius 2 is 2.20 bits per heavy atom. The van der Waals surface area contributed by atoms with Gasteiger partial charge in [0.2, 0.25) is 0 Å². The minimum absolute atomic E-state index is 0. The summed E-state index contributed by atoms with van der Waals surface area (Å²) >= 11 is 1.18. The third kappa shape index (κ3) is 4.97. The van der Waals surface area contributed by atoms with E-state index in [9.17, 15) is 4.79 Å². The molecule has 0 spiro atoms. The zero-order valence-corrected chi connectivity index (χ0v) is 13.4. The van der Waals surface area contributed by atoms with Gasteiger partial charge < -0.3 is 15.5 Å². The summed E-state index contributed by atoms with van der Waals surface area (Å²) in [5, 5.41) is 10.2. The van der Waals surface area contributed by atoms with Crippen LogP contribution in [0.1, 0.15) is 28.7 Å². The van der Waals surface area contributed by atoms with Crippen molar-refractivity contribution in [1.82, 2.24) is 25.1 Å². The second-order valence-corrected chi connectivity index (χ2v) is 5.36. The van der Waals surface area contributed by atoms with Crippen molar-refractivity contribution >= 4 is 29.8 Å². The van der Waals surface area contributed by atoms with Crippen molar-refractivity contribution in [3.63, 3.8) is 0 Å². The predicted molar refractivity (Wildman–Crippen MR) is 82.8 cm³/mol. The van der Waals surface area contributed by atoms with E-state index in [-0.39, 0.29) is 18.3 Å². The van der Waals surface area contributed by atoms with Crippen molar-refractivity contribution in [3.8, 4) is 0 Å². The van der Waals surface area contributed by atoms with Crippen molar-refractivity contribution in [2.45, 2.75) is 19.8 Å². The van der Waals surface area contributed by atoms with Gasteiger partial charge in [0.25, 0.3) is 5.91 Å².